The molecule has 5 N–H and O–H groups in total. The second-order valence-electron chi connectivity index (χ2n) is 5.31. The molecule has 0 unspecified atom stereocenters. The van der Waals surface area contributed by atoms with Crippen LogP contribution in [0.15, 0.2) is 4.99 Å². The van der Waals surface area contributed by atoms with Crippen LogP contribution < -0.4 is 16.5 Å². The first-order valence-corrected chi connectivity index (χ1v) is 6.44. The first-order chi connectivity index (χ1) is 10.0. The summed E-state index contributed by atoms with van der Waals surface area (Å²) in [7, 11) is 0. The van der Waals surface area contributed by atoms with E-state index in [1.54, 1.807) is 26.2 Å². The van der Waals surface area contributed by atoms with E-state index in [0.29, 0.717) is 0 Å². The molecular weight excluding hydrogens is 298 g/mol. The maximum Gasteiger partial charge on any atom is 0.414 e. The van der Waals surface area contributed by atoms with Crippen LogP contribution in [-0.4, -0.2) is 46.3 Å². The Labute approximate surface area is 127 Å². The number of guanidine groups is 1. The third-order valence-electron chi connectivity index (χ3n) is 2.12. The van der Waals surface area contributed by atoms with Crippen molar-refractivity contribution < 1.29 is 24.5 Å². The van der Waals surface area contributed by atoms with Crippen molar-refractivity contribution in [2.75, 3.05) is 6.54 Å². The van der Waals surface area contributed by atoms with Crippen molar-refractivity contribution >= 4 is 18.0 Å². The molecule has 22 heavy (non-hydrogen) atoms. The van der Waals surface area contributed by atoms with Crippen molar-refractivity contribution in [3.63, 3.8) is 0 Å². The van der Waals surface area contributed by atoms with Crippen LogP contribution >= 0.6 is 0 Å². The predicted molar refractivity (Wildman–Crippen MR) is 76.6 cm³/mol. The topological polar surface area (TPSA) is 169 Å². The molecule has 0 rings (SSSR count). The van der Waals surface area contributed by atoms with E-state index in [9.17, 15) is 19.7 Å². The van der Waals surface area contributed by atoms with Crippen LogP contribution in [0.5, 0.6) is 0 Å². The molecule has 0 saturated heterocycles. The molecule has 0 aliphatic carbocycles. The molecule has 0 bridgehead atoms. The minimum atomic E-state index is -1.33. The summed E-state index contributed by atoms with van der Waals surface area (Å²) in [6.07, 6.45) is -0.541. The summed E-state index contributed by atoms with van der Waals surface area (Å²) in [5.74, 6) is -1.51. The number of hydrazine groups is 1. The van der Waals surface area contributed by atoms with Gasteiger partial charge in [0.2, 0.25) is 0 Å². The van der Waals surface area contributed by atoms with Gasteiger partial charge in [0.25, 0.3) is 0 Å². The normalized spacial score (nSPS) is 13.1. The van der Waals surface area contributed by atoms with Crippen molar-refractivity contribution in [3.05, 3.63) is 10.1 Å². The number of rotatable bonds is 7. The number of carbonyl (C=O) groups is 2. The molecule has 0 heterocycles. The highest BCUT2D eigenvalue weighted by Gasteiger charge is 2.21. The molecule has 0 spiro atoms. The van der Waals surface area contributed by atoms with Crippen LogP contribution in [0.25, 0.3) is 0 Å². The van der Waals surface area contributed by atoms with Crippen LogP contribution in [0.3, 0.4) is 0 Å². The average Bonchev–Trinajstić information content (AvgIpc) is 2.29. The molecular formula is C11H21N5O6. The van der Waals surface area contributed by atoms with Gasteiger partial charge in [-0.05, 0) is 33.6 Å². The van der Waals surface area contributed by atoms with Gasteiger partial charge in [-0.2, -0.15) is 0 Å². The van der Waals surface area contributed by atoms with E-state index in [0.717, 1.165) is 0 Å². The number of nitrogens with zero attached hydrogens (tertiary/aromatic N) is 2. The lowest BCUT2D eigenvalue weighted by molar-refractivity contribution is -0.549. The molecule has 0 aliphatic heterocycles. The highest BCUT2D eigenvalue weighted by Crippen LogP contribution is 2.06. The summed E-state index contributed by atoms with van der Waals surface area (Å²) in [5, 5.41) is 20.3. The number of alkyl carbamates (subject to hydrolysis) is 1. The van der Waals surface area contributed by atoms with Gasteiger partial charge in [0.15, 0.2) is 17.0 Å². The van der Waals surface area contributed by atoms with Gasteiger partial charge in [0.1, 0.15) is 5.60 Å². The SMILES string of the molecule is CC(C)(C)OC(=O)NC(N)=NCCC[C@@H](N[N+](=O)[O-])C(=O)O. The summed E-state index contributed by atoms with van der Waals surface area (Å²) < 4.78 is 4.95. The lowest BCUT2D eigenvalue weighted by atomic mass is 10.2. The number of aliphatic carboxylic acids is 1. The van der Waals surface area contributed by atoms with Gasteiger partial charge in [-0.1, -0.05) is 0 Å². The van der Waals surface area contributed by atoms with Crippen molar-refractivity contribution in [2.45, 2.75) is 45.3 Å². The van der Waals surface area contributed by atoms with Crippen molar-refractivity contribution in [3.8, 4) is 0 Å². The van der Waals surface area contributed by atoms with Crippen molar-refractivity contribution in [2.24, 2.45) is 10.7 Å². The van der Waals surface area contributed by atoms with E-state index in [-0.39, 0.29) is 25.3 Å². The van der Waals surface area contributed by atoms with E-state index >= 15 is 0 Å². The average molecular weight is 319 g/mol. The number of nitro groups is 1. The minimum absolute atomic E-state index is 0.0144. The lowest BCUT2D eigenvalue weighted by Gasteiger charge is -2.19. The van der Waals surface area contributed by atoms with Crippen LogP contribution in [0.2, 0.25) is 0 Å². The zero-order valence-corrected chi connectivity index (χ0v) is 12.7. The fourth-order valence-corrected chi connectivity index (χ4v) is 1.31. The van der Waals surface area contributed by atoms with Gasteiger partial charge >= 0.3 is 12.1 Å². The third kappa shape index (κ3) is 10.2. The summed E-state index contributed by atoms with van der Waals surface area (Å²) in [4.78, 5) is 36.1. The van der Waals surface area contributed by atoms with Crippen LogP contribution in [-0.2, 0) is 9.53 Å². The minimum Gasteiger partial charge on any atom is -0.480 e. The fraction of sp³-hybridized carbons (Fsp3) is 0.727. The van der Waals surface area contributed by atoms with Crippen LogP contribution in [0, 0.1) is 10.1 Å². The zero-order chi connectivity index (χ0) is 17.3. The molecule has 0 radical (unpaired) electrons. The Morgan fingerprint density at radius 2 is 2.05 bits per heavy atom. The fourth-order valence-electron chi connectivity index (χ4n) is 1.31. The summed E-state index contributed by atoms with van der Waals surface area (Å²) in [5.41, 5.74) is 6.45. The Morgan fingerprint density at radius 3 is 2.50 bits per heavy atom. The van der Waals surface area contributed by atoms with Gasteiger partial charge in [0, 0.05) is 6.54 Å². The molecule has 126 valence electrons. The monoisotopic (exact) mass is 319 g/mol. The number of amides is 1. The number of carbonyl (C=O) groups excluding carboxylic acids is 1. The standard InChI is InChI=1S/C11H21N5O6/c1-11(2,3)22-10(19)14-9(12)13-6-4-5-7(8(17)18)15-16(20)21/h7,15H,4-6H2,1-3H3,(H,17,18)(H3,12,13,14,19)/t7-/m1/s1. The Hall–Kier alpha value is -2.59. The maximum absolute atomic E-state index is 11.4. The second kappa shape index (κ2) is 8.64. The zero-order valence-electron chi connectivity index (χ0n) is 12.7. The van der Waals surface area contributed by atoms with Crippen molar-refractivity contribution in [1.82, 2.24) is 10.7 Å². The summed E-state index contributed by atoms with van der Waals surface area (Å²) in [6.45, 7) is 5.17. The molecule has 0 aromatic carbocycles. The van der Waals surface area contributed by atoms with E-state index in [1.165, 1.54) is 0 Å². The number of carboxylic acid groups (broad SMARTS) is 1. The quantitative estimate of drug-likeness (QED) is 0.165. The summed E-state index contributed by atoms with van der Waals surface area (Å²) in [6, 6.07) is -1.31. The van der Waals surface area contributed by atoms with Crippen molar-refractivity contribution in [1.29, 1.82) is 0 Å². The van der Waals surface area contributed by atoms with Gasteiger partial charge in [-0.15, -0.1) is 5.43 Å². The van der Waals surface area contributed by atoms with E-state index in [4.69, 9.17) is 15.6 Å². The molecule has 1 atom stereocenters. The number of nitrogens with one attached hydrogen (secondary N) is 2. The smallest absolute Gasteiger partial charge is 0.414 e. The number of aliphatic imine (C=N–C) groups is 1. The molecule has 1 amide bonds. The van der Waals surface area contributed by atoms with Gasteiger partial charge in [-0.25, -0.2) is 19.7 Å². The number of hydrogen-bond donors (Lipinski definition) is 4. The van der Waals surface area contributed by atoms with E-state index in [1.807, 2.05) is 0 Å². The Morgan fingerprint density at radius 1 is 1.45 bits per heavy atom. The van der Waals surface area contributed by atoms with E-state index in [2.05, 4.69) is 10.3 Å². The maximum atomic E-state index is 11.4. The molecule has 0 fully saturated rings. The van der Waals surface area contributed by atoms with Gasteiger partial charge < -0.3 is 15.6 Å². The second-order valence-corrected chi connectivity index (χ2v) is 5.31. The Balaban J connectivity index is 4.17. The predicted octanol–water partition coefficient (Wildman–Crippen LogP) is -0.159. The molecule has 11 heteroatoms. The molecule has 0 aliphatic rings. The number of nitrogens with two attached hydrogens (primary N) is 1. The number of carboxylic acids is 1. The Kier molecular flexibility index (Phi) is 7.63. The largest absolute Gasteiger partial charge is 0.480 e. The molecule has 0 saturated carbocycles. The molecule has 11 nitrogen and oxygen atoms in total. The van der Waals surface area contributed by atoms with Gasteiger partial charge in [-0.3, -0.25) is 10.3 Å². The lowest BCUT2D eigenvalue weighted by Crippen LogP contribution is -2.41. The Bertz CT molecular complexity index is 445. The third-order valence-corrected chi connectivity index (χ3v) is 2.12. The highest BCUT2D eigenvalue weighted by atomic mass is 16.7. The summed E-state index contributed by atoms with van der Waals surface area (Å²) >= 11 is 0. The first kappa shape index (κ1) is 19.4. The number of hydrogen-bond acceptors (Lipinski definition) is 6. The van der Waals surface area contributed by atoms with E-state index < -0.39 is 28.7 Å². The van der Waals surface area contributed by atoms with Crippen LogP contribution in [0.1, 0.15) is 33.6 Å². The highest BCUT2D eigenvalue weighted by molar-refractivity contribution is 5.92. The molecule has 0 aromatic rings. The van der Waals surface area contributed by atoms with Gasteiger partial charge in [0.05, 0.1) is 0 Å². The first-order valence-electron chi connectivity index (χ1n) is 6.44. The molecule has 0 aromatic heterocycles. The number of ether oxygens (including phenoxy) is 1. The van der Waals surface area contributed by atoms with Crippen LogP contribution in [0.4, 0.5) is 4.79 Å².